The number of benzene rings is 1. The fraction of sp³-hybridized carbons (Fsp3) is 0.292. The molecule has 3 aromatic heterocycles. The van der Waals surface area contributed by atoms with E-state index in [0.717, 1.165) is 17.3 Å². The van der Waals surface area contributed by atoms with Crippen molar-refractivity contribution < 1.29 is 14.1 Å². The van der Waals surface area contributed by atoms with Gasteiger partial charge in [0.15, 0.2) is 11.4 Å². The monoisotopic (exact) mass is 474 g/mol. The van der Waals surface area contributed by atoms with Crippen LogP contribution in [0.15, 0.2) is 53.4 Å². The molecule has 1 aliphatic heterocycles. The molecule has 180 valence electrons. The maximum Gasteiger partial charge on any atom is 0.251 e. The Balaban J connectivity index is 1.21. The van der Waals surface area contributed by atoms with Crippen LogP contribution in [0.2, 0.25) is 0 Å². The lowest BCUT2D eigenvalue weighted by molar-refractivity contribution is -0.117. The second kappa shape index (κ2) is 9.18. The fourth-order valence-electron chi connectivity index (χ4n) is 4.23. The molecule has 0 bridgehead atoms. The molecule has 4 heterocycles. The van der Waals surface area contributed by atoms with E-state index in [0.29, 0.717) is 42.6 Å². The Bertz CT molecular complexity index is 1380. The second-order valence-corrected chi connectivity index (χ2v) is 8.89. The van der Waals surface area contributed by atoms with Crippen molar-refractivity contribution in [2.75, 3.05) is 37.8 Å². The Morgan fingerprint density at radius 1 is 1.26 bits per heavy atom. The van der Waals surface area contributed by atoms with E-state index in [9.17, 15) is 9.59 Å². The Morgan fingerprint density at radius 2 is 2.11 bits per heavy atom. The number of aromatic nitrogens is 4. The van der Waals surface area contributed by atoms with Crippen LogP contribution in [0.5, 0.6) is 0 Å². The van der Waals surface area contributed by atoms with Gasteiger partial charge >= 0.3 is 0 Å². The van der Waals surface area contributed by atoms with Crippen molar-refractivity contribution >= 4 is 34.3 Å². The maximum atomic E-state index is 12.7. The van der Waals surface area contributed by atoms with Gasteiger partial charge in [-0.15, -0.1) is 0 Å². The lowest BCUT2D eigenvalue weighted by atomic mass is 10.1. The Hall–Kier alpha value is -4.25. The molecule has 1 aliphatic rings. The first-order valence-corrected chi connectivity index (χ1v) is 11.3. The molecule has 0 aliphatic carbocycles. The van der Waals surface area contributed by atoms with Crippen LogP contribution in [0.1, 0.15) is 22.6 Å². The molecule has 2 amide bonds. The summed E-state index contributed by atoms with van der Waals surface area (Å²) < 4.78 is 7.01. The zero-order valence-corrected chi connectivity index (χ0v) is 19.5. The number of carbonyl (C=O) groups excluding carboxylic acids is 2. The summed E-state index contributed by atoms with van der Waals surface area (Å²) in [6.45, 7) is 1.58. The topological polar surface area (TPSA) is 135 Å². The number of pyridine rings is 1. The Kier molecular flexibility index (Phi) is 5.91. The number of hydrogen-bond donors (Lipinski definition) is 2. The SMILES string of the molecule is CN(C)Cc1nccn1-c1ccc(N2CC(CNC(=O)c3ccc4onc(N)c4c3)CC2=O)cn1. The fourth-order valence-corrected chi connectivity index (χ4v) is 4.23. The summed E-state index contributed by atoms with van der Waals surface area (Å²) in [5.74, 6) is 1.63. The minimum Gasteiger partial charge on any atom is -0.380 e. The van der Waals surface area contributed by atoms with Gasteiger partial charge in [-0.1, -0.05) is 5.16 Å². The van der Waals surface area contributed by atoms with Gasteiger partial charge in [0.05, 0.1) is 23.8 Å². The van der Waals surface area contributed by atoms with Crippen LogP contribution in [-0.4, -0.2) is 63.6 Å². The maximum absolute atomic E-state index is 12.7. The summed E-state index contributed by atoms with van der Waals surface area (Å²) in [6.07, 6.45) is 5.67. The highest BCUT2D eigenvalue weighted by Crippen LogP contribution is 2.25. The van der Waals surface area contributed by atoms with Crippen LogP contribution in [0, 0.1) is 5.92 Å². The molecule has 1 atom stereocenters. The average Bonchev–Trinajstić information content (AvgIpc) is 3.56. The first-order chi connectivity index (χ1) is 16.9. The lowest BCUT2D eigenvalue weighted by Crippen LogP contribution is -2.31. The molecule has 4 aromatic rings. The largest absolute Gasteiger partial charge is 0.380 e. The molecule has 35 heavy (non-hydrogen) atoms. The van der Waals surface area contributed by atoms with Crippen molar-refractivity contribution in [3.63, 3.8) is 0 Å². The van der Waals surface area contributed by atoms with Crippen molar-refractivity contribution in [1.82, 2.24) is 29.9 Å². The van der Waals surface area contributed by atoms with E-state index < -0.39 is 0 Å². The Morgan fingerprint density at radius 3 is 2.89 bits per heavy atom. The van der Waals surface area contributed by atoms with E-state index in [1.807, 2.05) is 41.9 Å². The van der Waals surface area contributed by atoms with Gasteiger partial charge < -0.3 is 25.4 Å². The molecule has 11 nitrogen and oxygen atoms in total. The van der Waals surface area contributed by atoms with E-state index in [4.69, 9.17) is 10.3 Å². The standard InChI is InChI=1S/C24H26N8O3/c1-30(2)14-21-26-7-8-31(21)20-6-4-17(12-27-20)32-13-15(9-22(32)33)11-28-24(34)16-3-5-19-18(10-16)23(25)29-35-19/h3-8,10,12,15H,9,11,13-14H2,1-2H3,(H2,25,29)(H,28,34). The van der Waals surface area contributed by atoms with E-state index in [1.54, 1.807) is 35.5 Å². The number of anilines is 2. The third-order valence-corrected chi connectivity index (χ3v) is 5.98. The predicted octanol–water partition coefficient (Wildman–Crippen LogP) is 1.84. The first kappa shape index (κ1) is 22.5. The normalized spacial score (nSPS) is 15.9. The van der Waals surface area contributed by atoms with Crippen molar-refractivity contribution in [1.29, 1.82) is 0 Å². The number of amides is 2. The third kappa shape index (κ3) is 4.58. The quantitative estimate of drug-likeness (QED) is 0.414. The summed E-state index contributed by atoms with van der Waals surface area (Å²) in [5.41, 5.74) is 7.49. The van der Waals surface area contributed by atoms with Crippen molar-refractivity contribution in [3.8, 4) is 5.82 Å². The zero-order valence-electron chi connectivity index (χ0n) is 19.5. The second-order valence-electron chi connectivity index (χ2n) is 8.89. The van der Waals surface area contributed by atoms with Crippen molar-refractivity contribution in [3.05, 3.63) is 60.3 Å². The van der Waals surface area contributed by atoms with Crippen LogP contribution in [0.25, 0.3) is 16.8 Å². The number of nitrogens with one attached hydrogen (secondary N) is 1. The zero-order chi connectivity index (χ0) is 24.5. The summed E-state index contributed by atoms with van der Waals surface area (Å²) in [7, 11) is 3.97. The summed E-state index contributed by atoms with van der Waals surface area (Å²) >= 11 is 0. The van der Waals surface area contributed by atoms with E-state index in [1.165, 1.54) is 0 Å². The smallest absolute Gasteiger partial charge is 0.251 e. The summed E-state index contributed by atoms with van der Waals surface area (Å²) in [5, 5.41) is 7.22. The molecule has 0 radical (unpaired) electrons. The lowest BCUT2D eigenvalue weighted by Gasteiger charge is -2.17. The molecule has 3 N–H and O–H groups in total. The molecular formula is C24H26N8O3. The molecule has 0 saturated carbocycles. The number of nitrogens with zero attached hydrogens (tertiary/aromatic N) is 6. The first-order valence-electron chi connectivity index (χ1n) is 11.3. The van der Waals surface area contributed by atoms with Crippen LogP contribution in [-0.2, 0) is 11.3 Å². The minimum absolute atomic E-state index is 0.00383. The number of rotatable bonds is 7. The van der Waals surface area contributed by atoms with Crippen LogP contribution >= 0.6 is 0 Å². The van der Waals surface area contributed by atoms with Gasteiger partial charge in [-0.05, 0) is 44.4 Å². The van der Waals surface area contributed by atoms with Gasteiger partial charge in [-0.25, -0.2) is 9.97 Å². The molecule has 1 aromatic carbocycles. The van der Waals surface area contributed by atoms with Gasteiger partial charge in [0.2, 0.25) is 5.91 Å². The van der Waals surface area contributed by atoms with Crippen LogP contribution in [0.4, 0.5) is 11.5 Å². The number of nitrogens with two attached hydrogens (primary N) is 1. The third-order valence-electron chi connectivity index (χ3n) is 5.98. The van der Waals surface area contributed by atoms with Gasteiger partial charge in [-0.2, -0.15) is 0 Å². The van der Waals surface area contributed by atoms with Gasteiger partial charge in [0, 0.05) is 43.4 Å². The highest BCUT2D eigenvalue weighted by molar-refractivity contribution is 6.00. The highest BCUT2D eigenvalue weighted by atomic mass is 16.5. The molecular weight excluding hydrogens is 448 g/mol. The molecule has 11 heteroatoms. The molecule has 1 fully saturated rings. The Labute approximate surface area is 201 Å². The summed E-state index contributed by atoms with van der Waals surface area (Å²) in [6, 6.07) is 8.74. The minimum atomic E-state index is -0.238. The van der Waals surface area contributed by atoms with Gasteiger partial charge in [0.1, 0.15) is 11.6 Å². The average molecular weight is 475 g/mol. The summed E-state index contributed by atoms with van der Waals surface area (Å²) in [4.78, 5) is 38.0. The van der Waals surface area contributed by atoms with Crippen molar-refractivity contribution in [2.24, 2.45) is 5.92 Å². The van der Waals surface area contributed by atoms with Gasteiger partial charge in [0.25, 0.3) is 5.91 Å². The number of fused-ring (bicyclic) bond motifs is 1. The van der Waals surface area contributed by atoms with E-state index in [2.05, 4.69) is 20.4 Å². The highest BCUT2D eigenvalue weighted by Gasteiger charge is 2.31. The molecule has 5 rings (SSSR count). The number of imidazole rings is 1. The predicted molar refractivity (Wildman–Crippen MR) is 130 cm³/mol. The number of carbonyl (C=O) groups is 2. The van der Waals surface area contributed by atoms with Crippen molar-refractivity contribution in [2.45, 2.75) is 13.0 Å². The van der Waals surface area contributed by atoms with Crippen LogP contribution < -0.4 is 16.0 Å². The van der Waals surface area contributed by atoms with Crippen LogP contribution in [0.3, 0.4) is 0 Å². The van der Waals surface area contributed by atoms with E-state index in [-0.39, 0.29) is 23.6 Å². The number of hydrogen-bond acceptors (Lipinski definition) is 8. The van der Waals surface area contributed by atoms with Gasteiger partial charge in [-0.3, -0.25) is 14.2 Å². The number of nitrogen functional groups attached to an aromatic ring is 1. The molecule has 1 saturated heterocycles. The van der Waals surface area contributed by atoms with E-state index >= 15 is 0 Å². The molecule has 1 unspecified atom stereocenters. The molecule has 0 spiro atoms.